The molecule has 1 unspecified atom stereocenters. The third-order valence-electron chi connectivity index (χ3n) is 3.34. The van der Waals surface area contributed by atoms with E-state index in [4.69, 9.17) is 5.73 Å². The van der Waals surface area contributed by atoms with Gasteiger partial charge in [0.25, 0.3) is 0 Å². The zero-order valence-corrected chi connectivity index (χ0v) is 10.9. The molecule has 1 fully saturated rings. The average Bonchev–Trinajstić information content (AvgIpc) is 2.75. The average molecular weight is 233 g/mol. The van der Waals surface area contributed by atoms with E-state index in [1.165, 1.54) is 31.5 Å². The lowest BCUT2D eigenvalue weighted by Crippen LogP contribution is -2.33. The van der Waals surface area contributed by atoms with Crippen molar-refractivity contribution in [1.82, 2.24) is 4.90 Å². The van der Waals surface area contributed by atoms with Crippen LogP contribution in [0.25, 0.3) is 0 Å². The predicted octanol–water partition coefficient (Wildman–Crippen LogP) is 2.47. The monoisotopic (exact) mass is 233 g/mol. The van der Waals surface area contributed by atoms with Crippen LogP contribution < -0.4 is 11.1 Å². The molecule has 0 spiro atoms. The molecule has 0 amide bonds. The maximum atomic E-state index is 6.00. The smallest absolute Gasteiger partial charge is 0.0576 e. The Kier molecular flexibility index (Phi) is 3.89. The molecule has 3 N–H and O–H groups in total. The van der Waals surface area contributed by atoms with Crippen LogP contribution in [-0.2, 0) is 0 Å². The molecule has 94 valence electrons. The van der Waals surface area contributed by atoms with Gasteiger partial charge in [-0.15, -0.1) is 0 Å². The lowest BCUT2D eigenvalue weighted by molar-refractivity contribution is 0.328. The first-order chi connectivity index (χ1) is 8.15. The first kappa shape index (κ1) is 12.2. The quantitative estimate of drug-likeness (QED) is 0.785. The van der Waals surface area contributed by atoms with Crippen LogP contribution >= 0.6 is 0 Å². The highest BCUT2D eigenvalue weighted by Gasteiger charge is 2.14. The Hall–Kier alpha value is -1.22. The van der Waals surface area contributed by atoms with Crippen LogP contribution in [0.1, 0.15) is 25.3 Å². The minimum Gasteiger partial charge on any atom is -0.397 e. The highest BCUT2D eigenvalue weighted by atomic mass is 15.2. The molecule has 0 saturated carbocycles. The van der Waals surface area contributed by atoms with Crippen molar-refractivity contribution < 1.29 is 0 Å². The van der Waals surface area contributed by atoms with Crippen molar-refractivity contribution in [3.05, 3.63) is 23.8 Å². The molecule has 3 nitrogen and oxygen atoms in total. The number of benzene rings is 1. The molecular formula is C14H23N3. The molecule has 1 atom stereocenters. The van der Waals surface area contributed by atoms with Crippen molar-refractivity contribution >= 4 is 11.4 Å². The fourth-order valence-electron chi connectivity index (χ4n) is 2.48. The van der Waals surface area contributed by atoms with Crippen LogP contribution in [0.5, 0.6) is 0 Å². The van der Waals surface area contributed by atoms with E-state index in [0.717, 1.165) is 17.9 Å². The van der Waals surface area contributed by atoms with Gasteiger partial charge < -0.3 is 16.0 Å². The van der Waals surface area contributed by atoms with Gasteiger partial charge in [0.05, 0.1) is 11.4 Å². The number of nitrogens with zero attached hydrogens (tertiary/aromatic N) is 1. The number of nitrogens with two attached hydrogens (primary N) is 1. The van der Waals surface area contributed by atoms with Crippen LogP contribution in [0.3, 0.4) is 0 Å². The third kappa shape index (κ3) is 3.37. The van der Waals surface area contributed by atoms with Crippen LogP contribution in [0, 0.1) is 6.92 Å². The van der Waals surface area contributed by atoms with Gasteiger partial charge in [-0.1, -0.05) is 6.07 Å². The SMILES string of the molecule is Cc1ccc(NC(C)CN2CCCC2)c(N)c1. The Bertz CT molecular complexity index is 370. The van der Waals surface area contributed by atoms with Gasteiger partial charge in [0, 0.05) is 12.6 Å². The highest BCUT2D eigenvalue weighted by Crippen LogP contribution is 2.20. The number of hydrogen-bond acceptors (Lipinski definition) is 3. The lowest BCUT2D eigenvalue weighted by atomic mass is 10.2. The Morgan fingerprint density at radius 1 is 1.35 bits per heavy atom. The van der Waals surface area contributed by atoms with E-state index in [2.05, 4.69) is 36.2 Å². The summed E-state index contributed by atoms with van der Waals surface area (Å²) in [5, 5.41) is 3.50. The summed E-state index contributed by atoms with van der Waals surface area (Å²) in [6, 6.07) is 6.63. The molecule has 1 aromatic carbocycles. The maximum absolute atomic E-state index is 6.00. The molecular weight excluding hydrogens is 210 g/mol. The van der Waals surface area contributed by atoms with Gasteiger partial charge in [-0.2, -0.15) is 0 Å². The Labute approximate surface area is 104 Å². The molecule has 17 heavy (non-hydrogen) atoms. The van der Waals surface area contributed by atoms with E-state index in [-0.39, 0.29) is 0 Å². The Morgan fingerprint density at radius 2 is 2.06 bits per heavy atom. The Morgan fingerprint density at radius 3 is 2.71 bits per heavy atom. The summed E-state index contributed by atoms with van der Waals surface area (Å²) < 4.78 is 0. The van der Waals surface area contributed by atoms with Gasteiger partial charge in [0.2, 0.25) is 0 Å². The van der Waals surface area contributed by atoms with Crippen molar-refractivity contribution in [2.45, 2.75) is 32.7 Å². The number of rotatable bonds is 4. The molecule has 0 bridgehead atoms. The number of likely N-dealkylation sites (tertiary alicyclic amines) is 1. The van der Waals surface area contributed by atoms with Crippen molar-refractivity contribution in [2.75, 3.05) is 30.7 Å². The number of nitrogen functional groups attached to an aromatic ring is 1. The molecule has 3 heteroatoms. The van der Waals surface area contributed by atoms with Gasteiger partial charge in [-0.05, 0) is 57.5 Å². The molecule has 1 heterocycles. The molecule has 1 saturated heterocycles. The zero-order valence-electron chi connectivity index (χ0n) is 10.9. The van der Waals surface area contributed by atoms with Crippen molar-refractivity contribution in [3.63, 3.8) is 0 Å². The van der Waals surface area contributed by atoms with E-state index in [1.54, 1.807) is 0 Å². The number of nitrogens with one attached hydrogen (secondary N) is 1. The van der Waals surface area contributed by atoms with Crippen molar-refractivity contribution in [3.8, 4) is 0 Å². The molecule has 0 radical (unpaired) electrons. The standard InChI is InChI=1S/C14H23N3/c1-11-5-6-14(13(15)9-11)16-12(2)10-17-7-3-4-8-17/h5-6,9,12,16H,3-4,7-8,10,15H2,1-2H3. The second-order valence-corrected chi connectivity index (χ2v) is 5.14. The second-order valence-electron chi connectivity index (χ2n) is 5.14. The third-order valence-corrected chi connectivity index (χ3v) is 3.34. The molecule has 1 aromatic rings. The highest BCUT2D eigenvalue weighted by molar-refractivity contribution is 5.67. The maximum Gasteiger partial charge on any atom is 0.0576 e. The van der Waals surface area contributed by atoms with E-state index in [0.29, 0.717) is 6.04 Å². The summed E-state index contributed by atoms with van der Waals surface area (Å²) in [5.41, 5.74) is 9.11. The Balaban J connectivity index is 1.90. The van der Waals surface area contributed by atoms with Crippen LogP contribution in [0.2, 0.25) is 0 Å². The zero-order chi connectivity index (χ0) is 12.3. The summed E-state index contributed by atoms with van der Waals surface area (Å²) in [6.45, 7) is 7.88. The van der Waals surface area contributed by atoms with Crippen LogP contribution in [-0.4, -0.2) is 30.6 Å². The van der Waals surface area contributed by atoms with E-state index in [9.17, 15) is 0 Å². The summed E-state index contributed by atoms with van der Waals surface area (Å²) in [4.78, 5) is 2.52. The lowest BCUT2D eigenvalue weighted by Gasteiger charge is -2.22. The minimum atomic E-state index is 0.443. The fourth-order valence-corrected chi connectivity index (χ4v) is 2.48. The largest absolute Gasteiger partial charge is 0.397 e. The fraction of sp³-hybridized carbons (Fsp3) is 0.571. The topological polar surface area (TPSA) is 41.3 Å². The van der Waals surface area contributed by atoms with E-state index >= 15 is 0 Å². The number of hydrogen-bond donors (Lipinski definition) is 2. The van der Waals surface area contributed by atoms with Crippen molar-refractivity contribution in [2.24, 2.45) is 0 Å². The molecule has 0 aliphatic carbocycles. The van der Waals surface area contributed by atoms with Gasteiger partial charge in [-0.3, -0.25) is 0 Å². The minimum absolute atomic E-state index is 0.443. The van der Waals surface area contributed by atoms with Crippen molar-refractivity contribution in [1.29, 1.82) is 0 Å². The normalized spacial score (nSPS) is 18.2. The summed E-state index contributed by atoms with van der Waals surface area (Å²) >= 11 is 0. The van der Waals surface area contributed by atoms with E-state index < -0.39 is 0 Å². The van der Waals surface area contributed by atoms with Gasteiger partial charge in [0.15, 0.2) is 0 Å². The van der Waals surface area contributed by atoms with Crippen LogP contribution in [0.15, 0.2) is 18.2 Å². The molecule has 2 rings (SSSR count). The summed E-state index contributed by atoms with van der Waals surface area (Å²) in [5.74, 6) is 0. The van der Waals surface area contributed by atoms with E-state index in [1.807, 2.05) is 6.07 Å². The van der Waals surface area contributed by atoms with Gasteiger partial charge in [-0.25, -0.2) is 0 Å². The molecule has 0 aromatic heterocycles. The van der Waals surface area contributed by atoms with Crippen LogP contribution in [0.4, 0.5) is 11.4 Å². The van der Waals surface area contributed by atoms with Gasteiger partial charge >= 0.3 is 0 Å². The number of aryl methyl sites for hydroxylation is 1. The second kappa shape index (κ2) is 5.41. The number of anilines is 2. The summed E-state index contributed by atoms with van der Waals surface area (Å²) in [7, 11) is 0. The molecule has 1 aliphatic rings. The molecule has 1 aliphatic heterocycles. The van der Waals surface area contributed by atoms with Gasteiger partial charge in [0.1, 0.15) is 0 Å². The first-order valence-electron chi connectivity index (χ1n) is 6.50. The summed E-state index contributed by atoms with van der Waals surface area (Å²) in [6.07, 6.45) is 2.69. The predicted molar refractivity (Wildman–Crippen MR) is 74.4 cm³/mol. The first-order valence-corrected chi connectivity index (χ1v) is 6.50.